The Morgan fingerprint density at radius 2 is 1.88 bits per heavy atom. The number of rotatable bonds is 10. The van der Waals surface area contributed by atoms with Gasteiger partial charge in [0, 0.05) is 19.6 Å². The van der Waals surface area contributed by atoms with Crippen molar-refractivity contribution in [1.29, 1.82) is 0 Å². The van der Waals surface area contributed by atoms with Gasteiger partial charge in [-0.2, -0.15) is 0 Å². The maximum Gasteiger partial charge on any atom is 0.239 e. The number of guanidine groups is 1. The molecule has 0 spiro atoms. The SMILES string of the molecule is CCCCCC(C)NC(=NC)NCC(=O)NCc1ccc(OC)cc1.I. The van der Waals surface area contributed by atoms with Gasteiger partial charge in [0.05, 0.1) is 13.7 Å². The Morgan fingerprint density at radius 3 is 2.46 bits per heavy atom. The number of methoxy groups -OCH3 is 1. The van der Waals surface area contributed by atoms with Crippen molar-refractivity contribution in [3.8, 4) is 5.75 Å². The van der Waals surface area contributed by atoms with Gasteiger partial charge in [-0.15, -0.1) is 24.0 Å². The molecule has 0 saturated heterocycles. The van der Waals surface area contributed by atoms with E-state index in [0.29, 0.717) is 18.5 Å². The van der Waals surface area contributed by atoms with Crippen LogP contribution >= 0.6 is 24.0 Å². The molecule has 6 nitrogen and oxygen atoms in total. The van der Waals surface area contributed by atoms with E-state index in [2.05, 4.69) is 34.8 Å². The fraction of sp³-hybridized carbons (Fsp3) is 0.579. The van der Waals surface area contributed by atoms with Crippen molar-refractivity contribution in [3.63, 3.8) is 0 Å². The molecule has 0 aliphatic carbocycles. The molecule has 7 heteroatoms. The second kappa shape index (κ2) is 14.6. The van der Waals surface area contributed by atoms with Crippen LogP contribution in [0.4, 0.5) is 0 Å². The van der Waals surface area contributed by atoms with Gasteiger partial charge in [0.25, 0.3) is 0 Å². The van der Waals surface area contributed by atoms with Gasteiger partial charge in [-0.05, 0) is 31.0 Å². The molecule has 1 rings (SSSR count). The summed E-state index contributed by atoms with van der Waals surface area (Å²) in [5, 5.41) is 9.25. The van der Waals surface area contributed by atoms with Crippen molar-refractivity contribution in [2.45, 2.75) is 52.1 Å². The summed E-state index contributed by atoms with van der Waals surface area (Å²) < 4.78 is 5.12. The Morgan fingerprint density at radius 1 is 1.19 bits per heavy atom. The molecule has 0 heterocycles. The lowest BCUT2D eigenvalue weighted by molar-refractivity contribution is -0.120. The van der Waals surface area contributed by atoms with Gasteiger partial charge in [0.1, 0.15) is 5.75 Å². The molecule has 0 radical (unpaired) electrons. The molecular formula is C19H33IN4O2. The first-order valence-electron chi connectivity index (χ1n) is 8.95. The monoisotopic (exact) mass is 476 g/mol. The van der Waals surface area contributed by atoms with Crippen LogP contribution in [0, 0.1) is 0 Å². The van der Waals surface area contributed by atoms with E-state index < -0.39 is 0 Å². The summed E-state index contributed by atoms with van der Waals surface area (Å²) in [4.78, 5) is 16.1. The molecule has 0 saturated carbocycles. The molecule has 148 valence electrons. The van der Waals surface area contributed by atoms with Crippen molar-refractivity contribution in [2.75, 3.05) is 20.7 Å². The quantitative estimate of drug-likeness (QED) is 0.210. The molecule has 0 aliphatic rings. The lowest BCUT2D eigenvalue weighted by atomic mass is 10.1. The average Bonchev–Trinajstić information content (AvgIpc) is 2.64. The summed E-state index contributed by atoms with van der Waals surface area (Å²) in [5.74, 6) is 1.39. The Balaban J connectivity index is 0.00000625. The Bertz CT molecular complexity index is 535. The molecule has 1 amide bonds. The maximum atomic E-state index is 12.0. The van der Waals surface area contributed by atoms with E-state index in [1.54, 1.807) is 14.2 Å². The second-order valence-corrected chi connectivity index (χ2v) is 6.09. The highest BCUT2D eigenvalue weighted by Gasteiger charge is 2.07. The fourth-order valence-corrected chi connectivity index (χ4v) is 2.37. The molecular weight excluding hydrogens is 443 g/mol. The topological polar surface area (TPSA) is 74.8 Å². The van der Waals surface area contributed by atoms with E-state index in [1.165, 1.54) is 19.3 Å². The number of nitrogens with one attached hydrogen (secondary N) is 3. The Hall–Kier alpha value is -1.51. The van der Waals surface area contributed by atoms with Crippen LogP contribution in [-0.2, 0) is 11.3 Å². The van der Waals surface area contributed by atoms with E-state index >= 15 is 0 Å². The lowest BCUT2D eigenvalue weighted by Crippen LogP contribution is -2.45. The molecule has 1 aromatic rings. The highest BCUT2D eigenvalue weighted by atomic mass is 127. The first-order valence-corrected chi connectivity index (χ1v) is 8.95. The van der Waals surface area contributed by atoms with Crippen LogP contribution in [0.15, 0.2) is 29.3 Å². The molecule has 0 aromatic heterocycles. The van der Waals surface area contributed by atoms with E-state index in [1.807, 2.05) is 24.3 Å². The smallest absolute Gasteiger partial charge is 0.239 e. The van der Waals surface area contributed by atoms with Gasteiger partial charge in [-0.25, -0.2) is 0 Å². The standard InChI is InChI=1S/C19H32N4O2.HI/c1-5-6-7-8-15(2)23-19(20-3)22-14-18(24)21-13-16-9-11-17(25-4)12-10-16;/h9-12,15H,5-8,13-14H2,1-4H3,(H,21,24)(H2,20,22,23);1H. The minimum atomic E-state index is -0.0718. The van der Waals surface area contributed by atoms with Gasteiger partial charge in [-0.3, -0.25) is 9.79 Å². The van der Waals surface area contributed by atoms with Crippen molar-refractivity contribution < 1.29 is 9.53 Å². The minimum Gasteiger partial charge on any atom is -0.497 e. The molecule has 3 N–H and O–H groups in total. The summed E-state index contributed by atoms with van der Waals surface area (Å²) >= 11 is 0. The predicted molar refractivity (Wildman–Crippen MR) is 118 cm³/mol. The zero-order valence-corrected chi connectivity index (χ0v) is 18.6. The summed E-state index contributed by atoms with van der Waals surface area (Å²) in [5.41, 5.74) is 1.03. The zero-order valence-electron chi connectivity index (χ0n) is 16.3. The summed E-state index contributed by atoms with van der Waals surface area (Å²) in [6.07, 6.45) is 4.75. The van der Waals surface area contributed by atoms with Crippen molar-refractivity contribution in [1.82, 2.24) is 16.0 Å². The van der Waals surface area contributed by atoms with E-state index in [9.17, 15) is 4.79 Å². The second-order valence-electron chi connectivity index (χ2n) is 6.09. The molecule has 26 heavy (non-hydrogen) atoms. The first-order chi connectivity index (χ1) is 12.1. The van der Waals surface area contributed by atoms with Crippen LogP contribution in [0.1, 0.15) is 45.1 Å². The van der Waals surface area contributed by atoms with E-state index in [0.717, 1.165) is 17.7 Å². The van der Waals surface area contributed by atoms with E-state index in [4.69, 9.17) is 4.74 Å². The largest absolute Gasteiger partial charge is 0.497 e. The number of ether oxygens (including phenoxy) is 1. The number of carbonyl (C=O) groups excluding carboxylic acids is 1. The van der Waals surface area contributed by atoms with Gasteiger partial charge in [-0.1, -0.05) is 38.3 Å². The zero-order chi connectivity index (χ0) is 18.5. The number of benzene rings is 1. The third kappa shape index (κ3) is 10.5. The van der Waals surface area contributed by atoms with Crippen LogP contribution in [0.25, 0.3) is 0 Å². The van der Waals surface area contributed by atoms with Crippen molar-refractivity contribution >= 4 is 35.8 Å². The summed E-state index contributed by atoms with van der Waals surface area (Å²) in [7, 11) is 3.34. The van der Waals surface area contributed by atoms with Crippen LogP contribution in [0.5, 0.6) is 5.75 Å². The van der Waals surface area contributed by atoms with Crippen molar-refractivity contribution in [3.05, 3.63) is 29.8 Å². The van der Waals surface area contributed by atoms with E-state index in [-0.39, 0.29) is 36.4 Å². The van der Waals surface area contributed by atoms with Crippen molar-refractivity contribution in [2.24, 2.45) is 4.99 Å². The van der Waals surface area contributed by atoms with Crippen LogP contribution in [0.2, 0.25) is 0 Å². The van der Waals surface area contributed by atoms with Gasteiger partial charge < -0.3 is 20.7 Å². The van der Waals surface area contributed by atoms with Crippen LogP contribution < -0.4 is 20.7 Å². The van der Waals surface area contributed by atoms with Gasteiger partial charge in [0.2, 0.25) is 5.91 Å². The molecule has 0 aliphatic heterocycles. The van der Waals surface area contributed by atoms with Gasteiger partial charge >= 0.3 is 0 Å². The highest BCUT2D eigenvalue weighted by molar-refractivity contribution is 14.0. The number of unbranched alkanes of at least 4 members (excludes halogenated alkanes) is 2. The van der Waals surface area contributed by atoms with Gasteiger partial charge in [0.15, 0.2) is 5.96 Å². The number of hydrogen-bond acceptors (Lipinski definition) is 3. The third-order valence-corrected chi connectivity index (χ3v) is 3.91. The number of hydrogen-bond donors (Lipinski definition) is 3. The fourth-order valence-electron chi connectivity index (χ4n) is 2.37. The Kier molecular flexibility index (Phi) is 13.8. The third-order valence-electron chi connectivity index (χ3n) is 3.91. The molecule has 0 fully saturated rings. The molecule has 1 atom stereocenters. The first kappa shape index (κ1) is 24.5. The van der Waals surface area contributed by atoms with Crippen LogP contribution in [-0.4, -0.2) is 38.6 Å². The lowest BCUT2D eigenvalue weighted by Gasteiger charge is -2.17. The molecule has 1 unspecified atom stereocenters. The summed E-state index contributed by atoms with van der Waals surface area (Å²) in [6.45, 7) is 5.01. The van der Waals surface area contributed by atoms with Crippen LogP contribution in [0.3, 0.4) is 0 Å². The average molecular weight is 476 g/mol. The number of carbonyl (C=O) groups is 1. The Labute approximate surface area is 174 Å². The molecule has 0 bridgehead atoms. The molecule has 1 aromatic carbocycles. The number of aliphatic imine (C=N–C) groups is 1. The number of halogens is 1. The summed E-state index contributed by atoms with van der Waals surface area (Å²) in [6, 6.07) is 7.97. The predicted octanol–water partition coefficient (Wildman–Crippen LogP) is 3.06. The minimum absolute atomic E-state index is 0. The maximum absolute atomic E-state index is 12.0. The normalized spacial score (nSPS) is 11.9. The highest BCUT2D eigenvalue weighted by Crippen LogP contribution is 2.10. The number of amides is 1. The number of nitrogens with zero attached hydrogens (tertiary/aromatic N) is 1.